The molecule has 0 fully saturated rings. The van der Waals surface area contributed by atoms with Crippen molar-refractivity contribution in [1.29, 1.82) is 0 Å². The normalized spacial score (nSPS) is 24.6. The van der Waals surface area contributed by atoms with Gasteiger partial charge in [-0.3, -0.25) is 0 Å². The SMILES string of the molecule is C#CC1=C(/C=C\C)C(N)CCC1. The van der Waals surface area contributed by atoms with Crippen molar-refractivity contribution in [3.05, 3.63) is 23.3 Å². The first-order valence-electron chi connectivity index (χ1n) is 4.37. The van der Waals surface area contributed by atoms with Gasteiger partial charge in [-0.15, -0.1) is 6.42 Å². The molecule has 0 aromatic heterocycles. The first-order chi connectivity index (χ1) is 5.79. The molecule has 2 N–H and O–H groups in total. The minimum atomic E-state index is 0.154. The standard InChI is InChI=1S/C11H15N/c1-3-6-10-9(4-2)7-5-8-11(10)12/h2-3,6,11H,5,7-8,12H2,1H3/b6-3-. The van der Waals surface area contributed by atoms with E-state index in [4.69, 9.17) is 12.2 Å². The Balaban J connectivity index is 2.97. The van der Waals surface area contributed by atoms with E-state index in [1.165, 1.54) is 0 Å². The van der Waals surface area contributed by atoms with Gasteiger partial charge in [-0.2, -0.15) is 0 Å². The molecule has 64 valence electrons. The predicted octanol–water partition coefficient (Wildman–Crippen LogP) is 2.00. The Labute approximate surface area is 74.3 Å². The van der Waals surface area contributed by atoms with Gasteiger partial charge in [0, 0.05) is 11.6 Å². The van der Waals surface area contributed by atoms with Crippen molar-refractivity contribution in [3.63, 3.8) is 0 Å². The maximum Gasteiger partial charge on any atom is 0.0304 e. The third-order valence-corrected chi connectivity index (χ3v) is 2.21. The van der Waals surface area contributed by atoms with Gasteiger partial charge in [-0.25, -0.2) is 0 Å². The van der Waals surface area contributed by atoms with Crippen molar-refractivity contribution >= 4 is 0 Å². The summed E-state index contributed by atoms with van der Waals surface area (Å²) in [4.78, 5) is 0. The molecule has 1 atom stereocenters. The largest absolute Gasteiger partial charge is 0.324 e. The molecule has 1 heteroatoms. The van der Waals surface area contributed by atoms with Crippen LogP contribution in [0.5, 0.6) is 0 Å². The van der Waals surface area contributed by atoms with E-state index in [-0.39, 0.29) is 6.04 Å². The average Bonchev–Trinajstić information content (AvgIpc) is 2.09. The van der Waals surface area contributed by atoms with Gasteiger partial charge in [0.1, 0.15) is 0 Å². The molecular weight excluding hydrogens is 146 g/mol. The van der Waals surface area contributed by atoms with Gasteiger partial charge in [0.25, 0.3) is 0 Å². The van der Waals surface area contributed by atoms with Crippen molar-refractivity contribution in [3.8, 4) is 12.3 Å². The topological polar surface area (TPSA) is 26.0 Å². The molecule has 1 unspecified atom stereocenters. The lowest BCUT2D eigenvalue weighted by atomic mass is 9.88. The molecule has 0 spiro atoms. The summed E-state index contributed by atoms with van der Waals surface area (Å²) in [5, 5.41) is 0. The second-order valence-corrected chi connectivity index (χ2v) is 3.08. The maximum atomic E-state index is 5.93. The molecule has 1 aliphatic carbocycles. The highest BCUT2D eigenvalue weighted by molar-refractivity contribution is 5.41. The molecule has 1 rings (SSSR count). The van der Waals surface area contributed by atoms with E-state index in [0.717, 1.165) is 30.4 Å². The number of nitrogens with two attached hydrogens (primary N) is 1. The number of hydrogen-bond acceptors (Lipinski definition) is 1. The molecule has 1 nitrogen and oxygen atoms in total. The fraction of sp³-hybridized carbons (Fsp3) is 0.455. The van der Waals surface area contributed by atoms with E-state index in [2.05, 4.69) is 5.92 Å². The lowest BCUT2D eigenvalue weighted by Crippen LogP contribution is -2.25. The molecule has 0 saturated carbocycles. The molecule has 0 heterocycles. The summed E-state index contributed by atoms with van der Waals surface area (Å²) in [5.41, 5.74) is 8.17. The number of terminal acetylenes is 1. The molecule has 1 aliphatic rings. The molecular formula is C11H15N. The van der Waals surface area contributed by atoms with Gasteiger partial charge in [0.05, 0.1) is 0 Å². The van der Waals surface area contributed by atoms with E-state index in [0.29, 0.717) is 0 Å². The predicted molar refractivity (Wildman–Crippen MR) is 52.5 cm³/mol. The van der Waals surface area contributed by atoms with Crippen LogP contribution in [0, 0.1) is 12.3 Å². The fourth-order valence-electron chi connectivity index (χ4n) is 1.58. The quantitative estimate of drug-likeness (QED) is 0.585. The summed E-state index contributed by atoms with van der Waals surface area (Å²) >= 11 is 0. The molecule has 0 bridgehead atoms. The van der Waals surface area contributed by atoms with Crippen LogP contribution >= 0.6 is 0 Å². The molecule has 0 saturated heterocycles. The first-order valence-corrected chi connectivity index (χ1v) is 4.37. The van der Waals surface area contributed by atoms with Crippen LogP contribution in [-0.4, -0.2) is 6.04 Å². The summed E-state index contributed by atoms with van der Waals surface area (Å²) in [5.74, 6) is 2.72. The molecule has 0 aliphatic heterocycles. The Kier molecular flexibility index (Phi) is 3.13. The van der Waals surface area contributed by atoms with Crippen LogP contribution in [0.25, 0.3) is 0 Å². The third kappa shape index (κ3) is 1.78. The second kappa shape index (κ2) is 4.13. The molecule has 12 heavy (non-hydrogen) atoms. The number of hydrogen-bond donors (Lipinski definition) is 1. The number of rotatable bonds is 1. The highest BCUT2D eigenvalue weighted by Gasteiger charge is 2.15. The van der Waals surface area contributed by atoms with Crippen LogP contribution in [-0.2, 0) is 0 Å². The summed E-state index contributed by atoms with van der Waals surface area (Å²) in [6.07, 6.45) is 12.6. The molecule has 0 aromatic rings. The Bertz CT molecular complexity index is 253. The highest BCUT2D eigenvalue weighted by Crippen LogP contribution is 2.24. The van der Waals surface area contributed by atoms with Crippen LogP contribution in [0.4, 0.5) is 0 Å². The first kappa shape index (κ1) is 9.09. The smallest absolute Gasteiger partial charge is 0.0304 e. The van der Waals surface area contributed by atoms with Gasteiger partial charge < -0.3 is 5.73 Å². The van der Waals surface area contributed by atoms with Crippen LogP contribution in [0.1, 0.15) is 26.2 Å². The van der Waals surface area contributed by atoms with Crippen molar-refractivity contribution < 1.29 is 0 Å². The zero-order valence-electron chi connectivity index (χ0n) is 7.51. The zero-order valence-corrected chi connectivity index (χ0v) is 7.51. The molecule has 0 aromatic carbocycles. The van der Waals surface area contributed by atoms with E-state index >= 15 is 0 Å². The van der Waals surface area contributed by atoms with E-state index in [9.17, 15) is 0 Å². The van der Waals surface area contributed by atoms with Gasteiger partial charge in [0.2, 0.25) is 0 Å². The van der Waals surface area contributed by atoms with Gasteiger partial charge in [-0.05, 0) is 31.8 Å². The minimum Gasteiger partial charge on any atom is -0.324 e. The summed E-state index contributed by atoms with van der Waals surface area (Å²) in [7, 11) is 0. The Morgan fingerprint density at radius 2 is 2.42 bits per heavy atom. The Hall–Kier alpha value is -1.00. The molecule has 0 radical (unpaired) electrons. The van der Waals surface area contributed by atoms with Crippen molar-refractivity contribution in [1.82, 2.24) is 0 Å². The van der Waals surface area contributed by atoms with Gasteiger partial charge in [-0.1, -0.05) is 18.1 Å². The lowest BCUT2D eigenvalue weighted by molar-refractivity contribution is 0.614. The van der Waals surface area contributed by atoms with Crippen molar-refractivity contribution in [2.45, 2.75) is 32.2 Å². The Morgan fingerprint density at radius 1 is 1.67 bits per heavy atom. The Morgan fingerprint density at radius 3 is 3.00 bits per heavy atom. The van der Waals surface area contributed by atoms with Gasteiger partial charge >= 0.3 is 0 Å². The van der Waals surface area contributed by atoms with Crippen LogP contribution in [0.2, 0.25) is 0 Å². The summed E-state index contributed by atoms with van der Waals surface area (Å²) in [6, 6.07) is 0.154. The van der Waals surface area contributed by atoms with Crippen LogP contribution < -0.4 is 5.73 Å². The fourth-order valence-corrected chi connectivity index (χ4v) is 1.58. The van der Waals surface area contributed by atoms with Crippen LogP contribution in [0.15, 0.2) is 23.3 Å². The number of allylic oxidation sites excluding steroid dienone is 2. The monoisotopic (exact) mass is 161 g/mol. The minimum absolute atomic E-state index is 0.154. The zero-order chi connectivity index (χ0) is 8.97. The van der Waals surface area contributed by atoms with Crippen LogP contribution in [0.3, 0.4) is 0 Å². The highest BCUT2D eigenvalue weighted by atomic mass is 14.6. The average molecular weight is 161 g/mol. The summed E-state index contributed by atoms with van der Waals surface area (Å²) in [6.45, 7) is 1.99. The lowest BCUT2D eigenvalue weighted by Gasteiger charge is -2.20. The summed E-state index contributed by atoms with van der Waals surface area (Å²) < 4.78 is 0. The second-order valence-electron chi connectivity index (χ2n) is 3.08. The maximum absolute atomic E-state index is 5.93. The van der Waals surface area contributed by atoms with Crippen molar-refractivity contribution in [2.75, 3.05) is 0 Å². The van der Waals surface area contributed by atoms with E-state index in [1.54, 1.807) is 0 Å². The van der Waals surface area contributed by atoms with Crippen molar-refractivity contribution in [2.24, 2.45) is 5.73 Å². The van der Waals surface area contributed by atoms with Gasteiger partial charge in [0.15, 0.2) is 0 Å². The van der Waals surface area contributed by atoms with E-state index in [1.807, 2.05) is 19.1 Å². The molecule has 0 amide bonds. The van der Waals surface area contributed by atoms with E-state index < -0.39 is 0 Å². The third-order valence-electron chi connectivity index (χ3n) is 2.21.